The number of piperidine rings is 1. The van der Waals surface area contributed by atoms with Crippen molar-refractivity contribution in [1.29, 1.82) is 0 Å². The molecule has 5 nitrogen and oxygen atoms in total. The fourth-order valence-corrected chi connectivity index (χ4v) is 6.21. The lowest BCUT2D eigenvalue weighted by Crippen LogP contribution is -2.55. The highest BCUT2D eigenvalue weighted by Gasteiger charge is 2.62. The summed E-state index contributed by atoms with van der Waals surface area (Å²) < 4.78 is 46.4. The molecule has 1 aliphatic carbocycles. The number of nitrogens with zero attached hydrogens (tertiary/aromatic N) is 2. The van der Waals surface area contributed by atoms with Gasteiger partial charge in [-0.15, -0.1) is 0 Å². The Morgan fingerprint density at radius 2 is 1.61 bits per heavy atom. The van der Waals surface area contributed by atoms with Gasteiger partial charge in [-0.05, 0) is 68.4 Å². The fourth-order valence-electron chi connectivity index (χ4n) is 6.21. The molecule has 3 saturated heterocycles. The van der Waals surface area contributed by atoms with Crippen LogP contribution in [0.5, 0.6) is 0 Å². The van der Waals surface area contributed by atoms with Gasteiger partial charge in [0.1, 0.15) is 11.2 Å². The van der Waals surface area contributed by atoms with Gasteiger partial charge in [0.15, 0.2) is 11.6 Å². The maximum Gasteiger partial charge on any atom is 0.238 e. The van der Waals surface area contributed by atoms with Crippen molar-refractivity contribution >= 4 is 11.8 Å². The van der Waals surface area contributed by atoms with Gasteiger partial charge >= 0.3 is 0 Å². The van der Waals surface area contributed by atoms with Gasteiger partial charge in [-0.3, -0.25) is 9.59 Å². The second kappa shape index (κ2) is 8.60. The second-order valence-electron chi connectivity index (χ2n) is 10.4. The molecule has 0 spiro atoms. The summed E-state index contributed by atoms with van der Waals surface area (Å²) in [6.07, 6.45) is 5.01. The summed E-state index contributed by atoms with van der Waals surface area (Å²) >= 11 is 0. The van der Waals surface area contributed by atoms with Crippen LogP contribution in [-0.2, 0) is 20.7 Å². The van der Waals surface area contributed by atoms with E-state index in [1.165, 1.54) is 0 Å². The van der Waals surface area contributed by atoms with E-state index < -0.39 is 22.9 Å². The van der Waals surface area contributed by atoms with E-state index in [1.807, 2.05) is 11.8 Å². The molecule has 1 aromatic rings. The molecule has 4 aliphatic rings. The minimum Gasteiger partial charge on any atom is -0.378 e. The molecule has 5 rings (SSSR count). The number of benzene rings is 1. The van der Waals surface area contributed by atoms with Crippen molar-refractivity contribution in [3.05, 3.63) is 35.1 Å². The van der Waals surface area contributed by atoms with Gasteiger partial charge in [0.25, 0.3) is 0 Å². The summed E-state index contributed by atoms with van der Waals surface area (Å²) in [7, 11) is 0. The number of hydrogen-bond donors (Lipinski definition) is 0. The van der Waals surface area contributed by atoms with Crippen LogP contribution in [0.3, 0.4) is 0 Å². The van der Waals surface area contributed by atoms with Crippen molar-refractivity contribution in [3.63, 3.8) is 0 Å². The molecule has 180 valence electrons. The van der Waals surface area contributed by atoms with Crippen molar-refractivity contribution in [1.82, 2.24) is 9.80 Å². The highest BCUT2D eigenvalue weighted by Crippen LogP contribution is 2.52. The molecule has 0 unspecified atom stereocenters. The van der Waals surface area contributed by atoms with Crippen molar-refractivity contribution < 1.29 is 27.5 Å². The van der Waals surface area contributed by atoms with Crippen LogP contribution < -0.4 is 0 Å². The number of carbonyl (C=O) groups excluding carboxylic acids is 2. The van der Waals surface area contributed by atoms with Crippen LogP contribution >= 0.6 is 0 Å². The lowest BCUT2D eigenvalue weighted by atomic mass is 9.78. The summed E-state index contributed by atoms with van der Waals surface area (Å²) in [5.74, 6) is -2.62. The van der Waals surface area contributed by atoms with Crippen molar-refractivity contribution in [2.75, 3.05) is 26.3 Å². The van der Waals surface area contributed by atoms with Gasteiger partial charge in [-0.25, -0.2) is 13.2 Å². The first kappa shape index (κ1) is 22.7. The van der Waals surface area contributed by atoms with E-state index in [0.29, 0.717) is 51.6 Å². The van der Waals surface area contributed by atoms with E-state index >= 15 is 0 Å². The molecule has 4 atom stereocenters. The Labute approximate surface area is 192 Å². The van der Waals surface area contributed by atoms with Crippen LogP contribution in [0.1, 0.15) is 51.0 Å². The van der Waals surface area contributed by atoms with Gasteiger partial charge < -0.3 is 14.5 Å². The van der Waals surface area contributed by atoms with Crippen molar-refractivity contribution in [2.45, 2.75) is 64.0 Å². The lowest BCUT2D eigenvalue weighted by Gasteiger charge is -2.43. The zero-order valence-electron chi connectivity index (χ0n) is 19.0. The first-order valence-electron chi connectivity index (χ1n) is 12.1. The minimum atomic E-state index is -1.17. The molecule has 3 heterocycles. The predicted octanol–water partition coefficient (Wildman–Crippen LogP) is 3.69. The predicted molar refractivity (Wildman–Crippen MR) is 115 cm³/mol. The summed E-state index contributed by atoms with van der Waals surface area (Å²) in [5.41, 5.74) is -0.689. The van der Waals surface area contributed by atoms with Crippen molar-refractivity contribution in [2.24, 2.45) is 17.3 Å². The quantitative estimate of drug-likeness (QED) is 0.493. The first-order chi connectivity index (χ1) is 15.8. The fraction of sp³-hybridized carbons (Fsp3) is 0.680. The molecule has 0 radical (unpaired) electrons. The molecule has 33 heavy (non-hydrogen) atoms. The number of halogens is 3. The smallest absolute Gasteiger partial charge is 0.238 e. The Balaban J connectivity index is 1.25. The Hall–Kier alpha value is -2.09. The molecule has 1 saturated carbocycles. The van der Waals surface area contributed by atoms with Crippen LogP contribution in [0.25, 0.3) is 0 Å². The van der Waals surface area contributed by atoms with Crippen LogP contribution in [0, 0.1) is 34.7 Å². The Kier molecular flexibility index (Phi) is 5.91. The summed E-state index contributed by atoms with van der Waals surface area (Å²) in [5, 5.41) is 0. The Morgan fingerprint density at radius 1 is 1.00 bits per heavy atom. The van der Waals surface area contributed by atoms with E-state index in [2.05, 4.69) is 0 Å². The zero-order valence-corrected chi connectivity index (χ0v) is 19.0. The van der Waals surface area contributed by atoms with Crippen LogP contribution in [0.15, 0.2) is 12.1 Å². The molecule has 3 aliphatic heterocycles. The first-order valence-corrected chi connectivity index (χ1v) is 12.1. The normalized spacial score (nSPS) is 29.2. The Bertz CT molecular complexity index is 931. The van der Waals surface area contributed by atoms with Gasteiger partial charge in [0.05, 0.1) is 13.2 Å². The van der Waals surface area contributed by atoms with E-state index in [4.69, 9.17) is 4.74 Å². The van der Waals surface area contributed by atoms with Gasteiger partial charge in [-0.2, -0.15) is 0 Å². The third-order valence-electron chi connectivity index (χ3n) is 8.31. The SMILES string of the molecule is C[C@H](Cc1cc(F)c(F)cc1F)[C@@H]1C[C@H]2CC[C@@H](C1)N2C(=O)C1(C(=O)N2CCOCC2)CC1. The molecule has 2 bridgehead atoms. The van der Waals surface area contributed by atoms with Crippen LogP contribution in [-0.4, -0.2) is 60.0 Å². The maximum absolute atomic E-state index is 14.2. The lowest BCUT2D eigenvalue weighted by molar-refractivity contribution is -0.155. The van der Waals surface area contributed by atoms with E-state index in [-0.39, 0.29) is 41.3 Å². The highest BCUT2D eigenvalue weighted by molar-refractivity contribution is 6.08. The number of carbonyl (C=O) groups is 2. The molecule has 2 amide bonds. The van der Waals surface area contributed by atoms with Gasteiger partial charge in [-0.1, -0.05) is 6.92 Å². The Morgan fingerprint density at radius 3 is 2.21 bits per heavy atom. The van der Waals surface area contributed by atoms with E-state index in [9.17, 15) is 22.8 Å². The minimum absolute atomic E-state index is 0.00996. The third-order valence-corrected chi connectivity index (χ3v) is 8.31. The zero-order chi connectivity index (χ0) is 23.3. The number of rotatable bonds is 5. The summed E-state index contributed by atoms with van der Waals surface area (Å²) in [6, 6.07) is 1.76. The number of fused-ring (bicyclic) bond motifs is 2. The molecular formula is C25H31F3N2O3. The number of ether oxygens (including phenoxy) is 1. The highest BCUT2D eigenvalue weighted by atomic mass is 19.2. The number of hydrogen-bond acceptors (Lipinski definition) is 3. The summed E-state index contributed by atoms with van der Waals surface area (Å²) in [6.45, 7) is 4.14. The van der Waals surface area contributed by atoms with Crippen LogP contribution in [0.2, 0.25) is 0 Å². The number of morpholine rings is 1. The van der Waals surface area contributed by atoms with E-state index in [0.717, 1.165) is 31.7 Å². The van der Waals surface area contributed by atoms with E-state index in [1.54, 1.807) is 4.90 Å². The van der Waals surface area contributed by atoms with Crippen LogP contribution in [0.4, 0.5) is 13.2 Å². The largest absolute Gasteiger partial charge is 0.378 e. The average molecular weight is 465 g/mol. The number of amides is 2. The third kappa shape index (κ3) is 4.04. The molecule has 0 N–H and O–H groups in total. The van der Waals surface area contributed by atoms with Gasteiger partial charge in [0, 0.05) is 31.2 Å². The molecular weight excluding hydrogens is 433 g/mol. The van der Waals surface area contributed by atoms with Crippen molar-refractivity contribution in [3.8, 4) is 0 Å². The molecule has 1 aromatic carbocycles. The maximum atomic E-state index is 14.2. The summed E-state index contributed by atoms with van der Waals surface area (Å²) in [4.78, 5) is 30.6. The molecule has 4 fully saturated rings. The monoisotopic (exact) mass is 464 g/mol. The van der Waals surface area contributed by atoms with Gasteiger partial charge in [0.2, 0.25) is 11.8 Å². The molecule has 8 heteroatoms. The average Bonchev–Trinajstić information content (AvgIpc) is 3.57. The molecule has 0 aromatic heterocycles. The standard InChI is InChI=1S/C25H31F3N2O3/c1-15(10-17-13-21(27)22(28)14-20(17)26)16-11-18-2-3-19(12-16)30(18)24(32)25(4-5-25)23(31)29-6-8-33-9-7-29/h13-16,18-19H,2-12H2,1H3/t15-,16-,18-,19+/m1/s1. The topological polar surface area (TPSA) is 49.9 Å². The second-order valence-corrected chi connectivity index (χ2v) is 10.4.